The summed E-state index contributed by atoms with van der Waals surface area (Å²) in [4.78, 5) is 0. The first-order valence-corrected chi connectivity index (χ1v) is 8.31. The van der Waals surface area contributed by atoms with Gasteiger partial charge in [0.1, 0.15) is 0 Å². The first-order valence-electron chi connectivity index (χ1n) is 8.31. The topological polar surface area (TPSA) is 20.2 Å². The Labute approximate surface area is 124 Å². The Morgan fingerprint density at radius 3 is 2.30 bits per heavy atom. The molecule has 1 atom stereocenters. The van der Waals surface area contributed by atoms with E-state index in [0.29, 0.717) is 0 Å². The van der Waals surface area contributed by atoms with Crippen LogP contribution in [0.5, 0.6) is 0 Å². The molecule has 0 bridgehead atoms. The van der Waals surface area contributed by atoms with Gasteiger partial charge in [0.2, 0.25) is 0 Å². The average molecular weight is 274 g/mol. The molecule has 1 fully saturated rings. The van der Waals surface area contributed by atoms with Crippen molar-refractivity contribution in [1.29, 1.82) is 0 Å². The van der Waals surface area contributed by atoms with Gasteiger partial charge >= 0.3 is 0 Å². The van der Waals surface area contributed by atoms with E-state index in [-0.39, 0.29) is 11.5 Å². The maximum absolute atomic E-state index is 10.3. The van der Waals surface area contributed by atoms with E-state index in [4.69, 9.17) is 0 Å². The van der Waals surface area contributed by atoms with Crippen molar-refractivity contribution in [3.05, 3.63) is 35.4 Å². The fraction of sp³-hybridized carbons (Fsp3) is 0.684. The van der Waals surface area contributed by atoms with Gasteiger partial charge in [-0.25, -0.2) is 0 Å². The Morgan fingerprint density at radius 2 is 1.75 bits per heavy atom. The third kappa shape index (κ3) is 3.85. The summed E-state index contributed by atoms with van der Waals surface area (Å²) in [6.45, 7) is 6.78. The second-order valence-electron chi connectivity index (χ2n) is 7.10. The molecule has 1 nitrogen and oxygen atoms in total. The molecule has 1 N–H and O–H groups in total. The lowest BCUT2D eigenvalue weighted by molar-refractivity contribution is 0.157. The highest BCUT2D eigenvalue weighted by Gasteiger charge is 2.19. The molecule has 0 aliphatic heterocycles. The molecule has 1 aromatic carbocycles. The van der Waals surface area contributed by atoms with Crippen LogP contribution in [0.3, 0.4) is 0 Å². The molecule has 0 aromatic heterocycles. The maximum atomic E-state index is 10.3. The first-order chi connectivity index (χ1) is 9.53. The van der Waals surface area contributed by atoms with Crippen molar-refractivity contribution in [2.75, 3.05) is 0 Å². The third-order valence-electron chi connectivity index (χ3n) is 5.28. The van der Waals surface area contributed by atoms with Crippen LogP contribution in [0, 0.1) is 5.92 Å². The van der Waals surface area contributed by atoms with E-state index in [2.05, 4.69) is 45.0 Å². The van der Waals surface area contributed by atoms with E-state index in [1.165, 1.54) is 37.7 Å². The largest absolute Gasteiger partial charge is 0.388 e. The quantitative estimate of drug-likeness (QED) is 0.738. The molecule has 20 heavy (non-hydrogen) atoms. The Bertz CT molecular complexity index is 398. The van der Waals surface area contributed by atoms with Crippen LogP contribution >= 0.6 is 0 Å². The van der Waals surface area contributed by atoms with Crippen molar-refractivity contribution < 1.29 is 5.11 Å². The van der Waals surface area contributed by atoms with Crippen LogP contribution in [-0.4, -0.2) is 5.11 Å². The lowest BCUT2D eigenvalue weighted by Gasteiger charge is -2.24. The summed E-state index contributed by atoms with van der Waals surface area (Å²) in [5.41, 5.74) is 2.68. The average Bonchev–Trinajstić information content (AvgIpc) is 2.98. The molecule has 0 heterocycles. The van der Waals surface area contributed by atoms with Gasteiger partial charge in [-0.1, -0.05) is 70.7 Å². The number of aliphatic hydroxyl groups is 1. The monoisotopic (exact) mass is 274 g/mol. The lowest BCUT2D eigenvalue weighted by atomic mass is 9.81. The third-order valence-corrected chi connectivity index (χ3v) is 5.28. The number of benzene rings is 1. The van der Waals surface area contributed by atoms with E-state index in [9.17, 15) is 5.11 Å². The minimum absolute atomic E-state index is 0.229. The molecule has 1 saturated carbocycles. The Hall–Kier alpha value is -0.820. The van der Waals surface area contributed by atoms with Crippen LogP contribution in [0.1, 0.15) is 82.9 Å². The number of aliphatic hydroxyl groups excluding tert-OH is 1. The van der Waals surface area contributed by atoms with Gasteiger partial charge in [-0.05, 0) is 41.7 Å². The molecular weight excluding hydrogens is 244 g/mol. The summed E-state index contributed by atoms with van der Waals surface area (Å²) >= 11 is 0. The van der Waals surface area contributed by atoms with E-state index in [1.54, 1.807) is 0 Å². The molecule has 1 aliphatic rings. The maximum Gasteiger partial charge on any atom is 0.0790 e. The summed E-state index contributed by atoms with van der Waals surface area (Å²) in [6.07, 6.45) is 8.48. The molecule has 1 aliphatic carbocycles. The summed E-state index contributed by atoms with van der Waals surface area (Å²) in [5, 5.41) is 10.3. The van der Waals surface area contributed by atoms with Gasteiger partial charge in [-0.2, -0.15) is 0 Å². The van der Waals surface area contributed by atoms with Crippen LogP contribution in [-0.2, 0) is 5.41 Å². The fourth-order valence-electron chi connectivity index (χ4n) is 3.22. The van der Waals surface area contributed by atoms with Gasteiger partial charge in [0.05, 0.1) is 6.10 Å². The molecule has 1 heteroatoms. The minimum Gasteiger partial charge on any atom is -0.388 e. The minimum atomic E-state index is -0.283. The highest BCUT2D eigenvalue weighted by molar-refractivity contribution is 5.29. The zero-order chi connectivity index (χ0) is 14.6. The summed E-state index contributed by atoms with van der Waals surface area (Å²) in [6, 6.07) is 8.62. The van der Waals surface area contributed by atoms with Gasteiger partial charge in [-0.15, -0.1) is 0 Å². The van der Waals surface area contributed by atoms with Crippen molar-refractivity contribution in [2.45, 2.75) is 77.2 Å². The van der Waals surface area contributed by atoms with Crippen LogP contribution in [0.15, 0.2) is 24.3 Å². The second kappa shape index (κ2) is 6.76. The van der Waals surface area contributed by atoms with Crippen LogP contribution in [0.25, 0.3) is 0 Å². The summed E-state index contributed by atoms with van der Waals surface area (Å²) < 4.78 is 0. The van der Waals surface area contributed by atoms with Gasteiger partial charge < -0.3 is 5.11 Å². The van der Waals surface area contributed by atoms with E-state index in [1.807, 2.05) is 0 Å². The highest BCUT2D eigenvalue weighted by Crippen LogP contribution is 2.32. The van der Waals surface area contributed by atoms with Crippen molar-refractivity contribution in [2.24, 2.45) is 5.92 Å². The summed E-state index contributed by atoms with van der Waals surface area (Å²) in [5.74, 6) is 0.864. The van der Waals surface area contributed by atoms with E-state index >= 15 is 0 Å². The summed E-state index contributed by atoms with van der Waals surface area (Å²) in [7, 11) is 0. The van der Waals surface area contributed by atoms with Crippen LogP contribution in [0.2, 0.25) is 0 Å². The number of hydrogen-bond donors (Lipinski definition) is 1. The molecule has 112 valence electrons. The first kappa shape index (κ1) is 15.6. The molecule has 0 saturated heterocycles. The van der Waals surface area contributed by atoms with E-state index < -0.39 is 0 Å². The van der Waals surface area contributed by atoms with Crippen LogP contribution in [0.4, 0.5) is 0 Å². The van der Waals surface area contributed by atoms with Gasteiger partial charge in [0.15, 0.2) is 0 Å². The Morgan fingerprint density at radius 1 is 1.15 bits per heavy atom. The molecular formula is C19H30O. The number of rotatable bonds is 6. The number of hydrogen-bond acceptors (Lipinski definition) is 1. The zero-order valence-electron chi connectivity index (χ0n) is 13.4. The van der Waals surface area contributed by atoms with Crippen molar-refractivity contribution in [3.8, 4) is 0 Å². The SMILES string of the molecule is CCC(C)(C)c1ccc(C(O)CCC2CCCC2)cc1. The molecule has 2 rings (SSSR count). The Balaban J connectivity index is 1.91. The van der Waals surface area contributed by atoms with Crippen molar-refractivity contribution in [1.82, 2.24) is 0 Å². The van der Waals surface area contributed by atoms with E-state index in [0.717, 1.165) is 24.3 Å². The predicted octanol–water partition coefficient (Wildman–Crippen LogP) is 5.38. The van der Waals surface area contributed by atoms with Crippen LogP contribution < -0.4 is 0 Å². The highest BCUT2D eigenvalue weighted by atomic mass is 16.3. The van der Waals surface area contributed by atoms with Gasteiger partial charge in [-0.3, -0.25) is 0 Å². The Kier molecular flexibility index (Phi) is 5.26. The molecule has 1 unspecified atom stereocenters. The molecule has 0 amide bonds. The molecule has 0 spiro atoms. The zero-order valence-corrected chi connectivity index (χ0v) is 13.4. The second-order valence-corrected chi connectivity index (χ2v) is 7.10. The standard InChI is InChI=1S/C19H30O/c1-4-19(2,3)17-12-10-16(11-13-17)18(20)14-9-15-7-5-6-8-15/h10-13,15,18,20H,4-9,14H2,1-3H3. The predicted molar refractivity (Wildman–Crippen MR) is 85.9 cm³/mol. The normalized spacial score (nSPS) is 18.4. The van der Waals surface area contributed by atoms with Gasteiger partial charge in [0, 0.05) is 0 Å². The smallest absolute Gasteiger partial charge is 0.0790 e. The molecule has 0 radical (unpaired) electrons. The van der Waals surface area contributed by atoms with Crippen molar-refractivity contribution >= 4 is 0 Å². The lowest BCUT2D eigenvalue weighted by Crippen LogP contribution is -2.15. The van der Waals surface area contributed by atoms with Gasteiger partial charge in [0.25, 0.3) is 0 Å². The van der Waals surface area contributed by atoms with Crippen molar-refractivity contribution in [3.63, 3.8) is 0 Å². The molecule has 1 aromatic rings. The fourth-order valence-corrected chi connectivity index (χ4v) is 3.22.